The lowest BCUT2D eigenvalue weighted by Crippen LogP contribution is -2.40. The highest BCUT2D eigenvalue weighted by atomic mass is 16.5. The Morgan fingerprint density at radius 3 is 2.26 bits per heavy atom. The Labute approximate surface area is 112 Å². The first kappa shape index (κ1) is 14.9. The van der Waals surface area contributed by atoms with Crippen molar-refractivity contribution in [2.45, 2.75) is 13.8 Å². The van der Waals surface area contributed by atoms with Gasteiger partial charge in [0.05, 0.1) is 13.2 Å². The molecule has 0 atom stereocenters. The highest BCUT2D eigenvalue weighted by Gasteiger charge is 2.24. The van der Waals surface area contributed by atoms with Crippen molar-refractivity contribution >= 4 is 17.7 Å². The summed E-state index contributed by atoms with van der Waals surface area (Å²) in [6, 6.07) is 8.64. The van der Waals surface area contributed by atoms with Crippen molar-refractivity contribution in [1.29, 1.82) is 0 Å². The van der Waals surface area contributed by atoms with E-state index in [0.717, 1.165) is 0 Å². The molecule has 5 nitrogen and oxygen atoms in total. The molecule has 0 N–H and O–H groups in total. The van der Waals surface area contributed by atoms with E-state index in [2.05, 4.69) is 4.74 Å². The van der Waals surface area contributed by atoms with E-state index in [0.29, 0.717) is 5.56 Å². The molecule has 0 aromatic heterocycles. The molecule has 0 bridgehead atoms. The van der Waals surface area contributed by atoms with Crippen LogP contribution in [0.25, 0.3) is 0 Å². The molecule has 0 heterocycles. The third-order valence-corrected chi connectivity index (χ3v) is 2.55. The predicted octanol–water partition coefficient (Wildman–Crippen LogP) is 1.28. The van der Waals surface area contributed by atoms with Crippen molar-refractivity contribution in [1.82, 2.24) is 4.90 Å². The fourth-order valence-electron chi connectivity index (χ4n) is 1.54. The second kappa shape index (κ2) is 7.31. The van der Waals surface area contributed by atoms with Gasteiger partial charge in [0.25, 0.3) is 0 Å². The number of ketones is 1. The smallest absolute Gasteiger partial charge is 0.397 e. The monoisotopic (exact) mass is 263 g/mol. The molecule has 0 radical (unpaired) electrons. The molecule has 19 heavy (non-hydrogen) atoms. The van der Waals surface area contributed by atoms with E-state index < -0.39 is 11.9 Å². The zero-order valence-corrected chi connectivity index (χ0v) is 11.1. The number of hydrogen-bond acceptors (Lipinski definition) is 4. The van der Waals surface area contributed by atoms with Crippen LogP contribution in [0.3, 0.4) is 0 Å². The van der Waals surface area contributed by atoms with Crippen LogP contribution in [-0.2, 0) is 14.3 Å². The Kier molecular flexibility index (Phi) is 5.73. The highest BCUT2D eigenvalue weighted by molar-refractivity contribution is 6.32. The lowest BCUT2D eigenvalue weighted by atomic mass is 10.1. The zero-order chi connectivity index (χ0) is 14.3. The van der Waals surface area contributed by atoms with Crippen molar-refractivity contribution in [2.75, 3.05) is 19.7 Å². The molecule has 0 spiro atoms. The number of carbonyl (C=O) groups is 3. The third kappa shape index (κ3) is 4.21. The maximum absolute atomic E-state index is 12.0. The van der Waals surface area contributed by atoms with Gasteiger partial charge in [-0.25, -0.2) is 4.79 Å². The van der Waals surface area contributed by atoms with Gasteiger partial charge < -0.3 is 9.64 Å². The molecule has 1 amide bonds. The molecule has 0 saturated carbocycles. The summed E-state index contributed by atoms with van der Waals surface area (Å²) in [5.41, 5.74) is 0.512. The highest BCUT2D eigenvalue weighted by Crippen LogP contribution is 2.03. The molecule has 0 saturated heterocycles. The van der Waals surface area contributed by atoms with Gasteiger partial charge in [0.15, 0.2) is 5.78 Å². The molecule has 0 aliphatic heterocycles. The topological polar surface area (TPSA) is 63.7 Å². The molecule has 0 unspecified atom stereocenters. The first-order valence-electron chi connectivity index (χ1n) is 6.14. The fraction of sp³-hybridized carbons (Fsp3) is 0.357. The van der Waals surface area contributed by atoms with Crippen LogP contribution in [0.1, 0.15) is 24.2 Å². The van der Waals surface area contributed by atoms with Crippen molar-refractivity contribution in [3.63, 3.8) is 0 Å². The Morgan fingerprint density at radius 1 is 1.11 bits per heavy atom. The Balaban J connectivity index is 2.69. The van der Waals surface area contributed by atoms with E-state index >= 15 is 0 Å². The SMILES string of the molecule is CCOC(=O)C(=O)N(CC)CC(=O)c1ccccc1. The number of Topliss-reactive ketones (excluding diaryl/α,β-unsaturated/α-hetero) is 1. The number of amides is 1. The lowest BCUT2D eigenvalue weighted by Gasteiger charge is -2.18. The number of hydrogen-bond donors (Lipinski definition) is 0. The summed E-state index contributed by atoms with van der Waals surface area (Å²) in [6.45, 7) is 3.61. The summed E-state index contributed by atoms with van der Waals surface area (Å²) in [7, 11) is 0. The summed E-state index contributed by atoms with van der Waals surface area (Å²) in [5, 5.41) is 0. The van der Waals surface area contributed by atoms with Crippen molar-refractivity contribution in [3.05, 3.63) is 35.9 Å². The minimum absolute atomic E-state index is 0.127. The minimum atomic E-state index is -0.926. The third-order valence-electron chi connectivity index (χ3n) is 2.55. The van der Waals surface area contributed by atoms with Gasteiger partial charge in [0.2, 0.25) is 0 Å². The van der Waals surface area contributed by atoms with E-state index in [1.165, 1.54) is 4.90 Å². The van der Waals surface area contributed by atoms with E-state index in [4.69, 9.17) is 0 Å². The zero-order valence-electron chi connectivity index (χ0n) is 11.1. The number of ether oxygens (including phenoxy) is 1. The quantitative estimate of drug-likeness (QED) is 0.456. The second-order valence-corrected chi connectivity index (χ2v) is 3.83. The van der Waals surface area contributed by atoms with Gasteiger partial charge in [-0.05, 0) is 13.8 Å². The first-order valence-corrected chi connectivity index (χ1v) is 6.14. The van der Waals surface area contributed by atoms with Crippen molar-refractivity contribution in [3.8, 4) is 0 Å². The van der Waals surface area contributed by atoms with Gasteiger partial charge in [-0.3, -0.25) is 9.59 Å². The van der Waals surface area contributed by atoms with E-state index in [9.17, 15) is 14.4 Å². The lowest BCUT2D eigenvalue weighted by molar-refractivity contribution is -0.159. The molecule has 1 aromatic carbocycles. The average molecular weight is 263 g/mol. The summed E-state index contributed by atoms with van der Waals surface area (Å²) >= 11 is 0. The average Bonchev–Trinajstić information content (AvgIpc) is 2.45. The molecule has 102 valence electrons. The molecule has 0 fully saturated rings. The Bertz CT molecular complexity index is 456. The largest absolute Gasteiger partial charge is 0.459 e. The Hall–Kier alpha value is -2.17. The second-order valence-electron chi connectivity index (χ2n) is 3.83. The molecule has 0 aliphatic carbocycles. The van der Waals surface area contributed by atoms with Gasteiger partial charge >= 0.3 is 11.9 Å². The van der Waals surface area contributed by atoms with E-state index in [1.807, 2.05) is 0 Å². The maximum Gasteiger partial charge on any atom is 0.397 e. The van der Waals surface area contributed by atoms with Gasteiger partial charge in [0.1, 0.15) is 0 Å². The summed E-state index contributed by atoms with van der Waals surface area (Å²) in [6.07, 6.45) is 0. The van der Waals surface area contributed by atoms with Crippen LogP contribution in [0.2, 0.25) is 0 Å². The van der Waals surface area contributed by atoms with Crippen LogP contribution < -0.4 is 0 Å². The molecular formula is C14H17NO4. The van der Waals surface area contributed by atoms with E-state index in [1.54, 1.807) is 44.2 Å². The summed E-state index contributed by atoms with van der Waals surface area (Å²) < 4.78 is 4.63. The molecule has 5 heteroatoms. The standard InChI is InChI=1S/C14H17NO4/c1-3-15(13(17)14(18)19-4-2)10-12(16)11-8-6-5-7-9-11/h5-9H,3-4,10H2,1-2H3. The van der Waals surface area contributed by atoms with Crippen LogP contribution in [-0.4, -0.2) is 42.3 Å². The van der Waals surface area contributed by atoms with Crippen molar-refractivity contribution in [2.24, 2.45) is 0 Å². The van der Waals surface area contributed by atoms with Crippen LogP contribution >= 0.6 is 0 Å². The molecule has 0 aliphatic rings. The number of nitrogens with zero attached hydrogens (tertiary/aromatic N) is 1. The number of esters is 1. The Morgan fingerprint density at radius 2 is 1.74 bits per heavy atom. The van der Waals surface area contributed by atoms with Crippen LogP contribution in [0, 0.1) is 0 Å². The normalized spacial score (nSPS) is 9.79. The van der Waals surface area contributed by atoms with Gasteiger partial charge in [-0.1, -0.05) is 30.3 Å². The van der Waals surface area contributed by atoms with Gasteiger partial charge in [-0.2, -0.15) is 0 Å². The molecule has 1 rings (SSSR count). The first-order chi connectivity index (χ1) is 9.10. The van der Waals surface area contributed by atoms with E-state index in [-0.39, 0.29) is 25.5 Å². The maximum atomic E-state index is 12.0. The van der Waals surface area contributed by atoms with Crippen LogP contribution in [0.4, 0.5) is 0 Å². The summed E-state index contributed by atoms with van der Waals surface area (Å²) in [5.74, 6) is -1.92. The minimum Gasteiger partial charge on any atom is -0.459 e. The number of benzene rings is 1. The number of likely N-dealkylation sites (N-methyl/N-ethyl adjacent to an activating group) is 1. The number of carbonyl (C=O) groups excluding carboxylic acids is 3. The number of rotatable bonds is 5. The predicted molar refractivity (Wildman–Crippen MR) is 69.7 cm³/mol. The van der Waals surface area contributed by atoms with Crippen LogP contribution in [0.5, 0.6) is 0 Å². The van der Waals surface area contributed by atoms with Crippen molar-refractivity contribution < 1.29 is 19.1 Å². The fourth-order valence-corrected chi connectivity index (χ4v) is 1.54. The molecular weight excluding hydrogens is 246 g/mol. The molecule has 1 aromatic rings. The van der Waals surface area contributed by atoms with Gasteiger partial charge in [0, 0.05) is 12.1 Å². The van der Waals surface area contributed by atoms with Gasteiger partial charge in [-0.15, -0.1) is 0 Å². The van der Waals surface area contributed by atoms with Crippen LogP contribution in [0.15, 0.2) is 30.3 Å². The summed E-state index contributed by atoms with van der Waals surface area (Å²) in [4.78, 5) is 36.2.